The van der Waals surface area contributed by atoms with E-state index < -0.39 is 0 Å². The van der Waals surface area contributed by atoms with Crippen LogP contribution in [-0.4, -0.2) is 17.0 Å². The molecule has 0 aliphatic carbocycles. The van der Waals surface area contributed by atoms with Gasteiger partial charge >= 0.3 is 5.97 Å². The average Bonchev–Trinajstić information content (AvgIpc) is 2.88. The predicted octanol–water partition coefficient (Wildman–Crippen LogP) is 3.92. The number of rotatable bonds is 3. The summed E-state index contributed by atoms with van der Waals surface area (Å²) < 4.78 is 20.1. The minimum atomic E-state index is -0.352. The summed E-state index contributed by atoms with van der Waals surface area (Å²) in [5.74, 6) is -0.639. The Labute approximate surface area is 121 Å². The van der Waals surface area contributed by atoms with E-state index in [-0.39, 0.29) is 11.8 Å². The van der Waals surface area contributed by atoms with Crippen molar-refractivity contribution in [2.75, 3.05) is 6.61 Å². The molecule has 3 nitrogen and oxygen atoms in total. The predicted molar refractivity (Wildman–Crippen MR) is 78.7 cm³/mol. The van der Waals surface area contributed by atoms with Crippen LogP contribution in [0.3, 0.4) is 0 Å². The maximum absolute atomic E-state index is 13.1. The van der Waals surface area contributed by atoms with Crippen LogP contribution in [0.15, 0.2) is 54.7 Å². The molecular formula is C17H14FNO2. The molecule has 0 spiro atoms. The average molecular weight is 283 g/mol. The number of benzene rings is 1. The van der Waals surface area contributed by atoms with E-state index in [2.05, 4.69) is 0 Å². The Kier molecular flexibility index (Phi) is 3.44. The lowest BCUT2D eigenvalue weighted by atomic mass is 10.1. The molecule has 106 valence electrons. The summed E-state index contributed by atoms with van der Waals surface area (Å²) >= 11 is 0. The molecule has 0 amide bonds. The Morgan fingerprint density at radius 3 is 2.67 bits per heavy atom. The van der Waals surface area contributed by atoms with Crippen LogP contribution in [0.25, 0.3) is 16.8 Å². The van der Waals surface area contributed by atoms with Crippen molar-refractivity contribution in [2.24, 2.45) is 0 Å². The Hall–Kier alpha value is -2.62. The smallest absolute Gasteiger partial charge is 0.340 e. The van der Waals surface area contributed by atoms with E-state index in [1.807, 2.05) is 28.8 Å². The lowest BCUT2D eigenvalue weighted by Crippen LogP contribution is -2.03. The van der Waals surface area contributed by atoms with Gasteiger partial charge in [0.25, 0.3) is 0 Å². The van der Waals surface area contributed by atoms with Crippen LogP contribution in [0.2, 0.25) is 0 Å². The lowest BCUT2D eigenvalue weighted by Gasteiger charge is -2.02. The van der Waals surface area contributed by atoms with Crippen molar-refractivity contribution in [3.63, 3.8) is 0 Å². The molecule has 3 aromatic rings. The van der Waals surface area contributed by atoms with Crippen molar-refractivity contribution < 1.29 is 13.9 Å². The van der Waals surface area contributed by atoms with Crippen molar-refractivity contribution in [1.82, 2.24) is 4.40 Å². The number of hydrogen-bond acceptors (Lipinski definition) is 2. The zero-order valence-electron chi connectivity index (χ0n) is 11.5. The first-order chi connectivity index (χ1) is 10.2. The minimum Gasteiger partial charge on any atom is -0.462 e. The Balaban J connectivity index is 2.19. The van der Waals surface area contributed by atoms with E-state index in [0.717, 1.165) is 16.8 Å². The van der Waals surface area contributed by atoms with Crippen LogP contribution in [0, 0.1) is 5.82 Å². The van der Waals surface area contributed by atoms with E-state index in [9.17, 15) is 9.18 Å². The summed E-state index contributed by atoms with van der Waals surface area (Å²) in [6.07, 6.45) is 1.87. The molecule has 0 atom stereocenters. The Morgan fingerprint density at radius 2 is 1.95 bits per heavy atom. The lowest BCUT2D eigenvalue weighted by molar-refractivity contribution is 0.0529. The third kappa shape index (κ3) is 2.40. The summed E-state index contributed by atoms with van der Waals surface area (Å²) in [5, 5.41) is 0. The standard InChI is InChI=1S/C17H14FNO2/c1-2-21-17(20)14-11-16(12-6-8-13(18)9-7-12)19-10-4-3-5-15(14)19/h3-11H,2H2,1H3. The van der Waals surface area contributed by atoms with Gasteiger partial charge in [-0.1, -0.05) is 6.07 Å². The van der Waals surface area contributed by atoms with Crippen molar-refractivity contribution in [1.29, 1.82) is 0 Å². The van der Waals surface area contributed by atoms with Crippen LogP contribution in [0.4, 0.5) is 4.39 Å². The number of pyridine rings is 1. The number of aromatic nitrogens is 1. The van der Waals surface area contributed by atoms with Crippen molar-refractivity contribution >= 4 is 11.5 Å². The van der Waals surface area contributed by atoms with Crippen LogP contribution in [-0.2, 0) is 4.74 Å². The fourth-order valence-corrected chi connectivity index (χ4v) is 2.37. The minimum absolute atomic E-state index is 0.287. The van der Waals surface area contributed by atoms with E-state index in [4.69, 9.17) is 4.74 Å². The Bertz CT molecular complexity index is 790. The van der Waals surface area contributed by atoms with E-state index >= 15 is 0 Å². The van der Waals surface area contributed by atoms with Gasteiger partial charge in [0.2, 0.25) is 0 Å². The van der Waals surface area contributed by atoms with Crippen LogP contribution >= 0.6 is 0 Å². The van der Waals surface area contributed by atoms with Crippen molar-refractivity contribution in [3.05, 3.63) is 66.1 Å². The molecule has 21 heavy (non-hydrogen) atoms. The number of carbonyl (C=O) groups is 1. The van der Waals surface area contributed by atoms with Gasteiger partial charge in [-0.15, -0.1) is 0 Å². The molecular weight excluding hydrogens is 269 g/mol. The topological polar surface area (TPSA) is 30.7 Å². The molecule has 1 aromatic carbocycles. The molecule has 0 saturated carbocycles. The van der Waals surface area contributed by atoms with Gasteiger partial charge < -0.3 is 9.14 Å². The van der Waals surface area contributed by atoms with Crippen LogP contribution < -0.4 is 0 Å². The van der Waals surface area contributed by atoms with E-state index in [1.165, 1.54) is 12.1 Å². The van der Waals surface area contributed by atoms with Crippen LogP contribution in [0.5, 0.6) is 0 Å². The van der Waals surface area contributed by atoms with Gasteiger partial charge in [0.15, 0.2) is 0 Å². The van der Waals surface area contributed by atoms with E-state index in [0.29, 0.717) is 12.2 Å². The van der Waals surface area contributed by atoms with Gasteiger partial charge in [-0.05, 0) is 55.0 Å². The second-order valence-electron chi connectivity index (χ2n) is 4.63. The molecule has 0 radical (unpaired) electrons. The van der Waals surface area contributed by atoms with Gasteiger partial charge in [-0.2, -0.15) is 0 Å². The first-order valence-corrected chi connectivity index (χ1v) is 6.74. The van der Waals surface area contributed by atoms with Crippen LogP contribution in [0.1, 0.15) is 17.3 Å². The molecule has 0 unspecified atom stereocenters. The highest BCUT2D eigenvalue weighted by Gasteiger charge is 2.16. The summed E-state index contributed by atoms with van der Waals surface area (Å²) in [5.41, 5.74) is 2.95. The number of hydrogen-bond donors (Lipinski definition) is 0. The molecule has 2 aromatic heterocycles. The summed E-state index contributed by atoms with van der Waals surface area (Å²) in [7, 11) is 0. The van der Waals surface area contributed by atoms with Crippen molar-refractivity contribution in [2.45, 2.75) is 6.92 Å². The maximum Gasteiger partial charge on any atom is 0.340 e. The molecule has 4 heteroatoms. The normalized spacial score (nSPS) is 10.8. The summed E-state index contributed by atoms with van der Waals surface area (Å²) in [4.78, 5) is 12.1. The first kappa shape index (κ1) is 13.4. The third-order valence-electron chi connectivity index (χ3n) is 3.31. The number of ether oxygens (including phenoxy) is 1. The highest BCUT2D eigenvalue weighted by molar-refractivity contribution is 5.99. The molecule has 0 fully saturated rings. The number of halogens is 1. The first-order valence-electron chi connectivity index (χ1n) is 6.74. The molecule has 0 aliphatic rings. The highest BCUT2D eigenvalue weighted by Crippen LogP contribution is 2.27. The van der Waals surface area contributed by atoms with Crippen molar-refractivity contribution in [3.8, 4) is 11.3 Å². The number of carbonyl (C=O) groups excluding carboxylic acids is 1. The second-order valence-corrected chi connectivity index (χ2v) is 4.63. The van der Waals surface area contributed by atoms with Gasteiger partial charge in [0, 0.05) is 6.20 Å². The molecule has 2 heterocycles. The molecule has 3 rings (SSSR count). The largest absolute Gasteiger partial charge is 0.462 e. The fraction of sp³-hybridized carbons (Fsp3) is 0.118. The van der Waals surface area contributed by atoms with Gasteiger partial charge in [-0.25, -0.2) is 9.18 Å². The summed E-state index contributed by atoms with van der Waals surface area (Å²) in [6.45, 7) is 2.10. The molecule has 0 saturated heterocycles. The molecule has 0 bridgehead atoms. The van der Waals surface area contributed by atoms with E-state index in [1.54, 1.807) is 25.1 Å². The SMILES string of the molecule is CCOC(=O)c1cc(-c2ccc(F)cc2)n2ccccc12. The van der Waals surface area contributed by atoms with Gasteiger partial charge in [-0.3, -0.25) is 0 Å². The highest BCUT2D eigenvalue weighted by atomic mass is 19.1. The van der Waals surface area contributed by atoms with Gasteiger partial charge in [0.1, 0.15) is 5.82 Å². The zero-order valence-corrected chi connectivity index (χ0v) is 11.5. The molecule has 0 N–H and O–H groups in total. The van der Waals surface area contributed by atoms with Gasteiger partial charge in [0.05, 0.1) is 23.4 Å². The number of fused-ring (bicyclic) bond motifs is 1. The third-order valence-corrected chi connectivity index (χ3v) is 3.31. The number of nitrogens with zero attached hydrogens (tertiary/aromatic N) is 1. The number of esters is 1. The monoisotopic (exact) mass is 283 g/mol. The molecule has 0 aliphatic heterocycles. The fourth-order valence-electron chi connectivity index (χ4n) is 2.37. The zero-order chi connectivity index (χ0) is 14.8. The maximum atomic E-state index is 13.1. The summed E-state index contributed by atoms with van der Waals surface area (Å²) in [6, 6.07) is 13.6. The quantitative estimate of drug-likeness (QED) is 0.682. The Morgan fingerprint density at radius 1 is 1.19 bits per heavy atom. The second kappa shape index (κ2) is 5.40.